The first-order valence-corrected chi connectivity index (χ1v) is 18.2. The van der Waals surface area contributed by atoms with Gasteiger partial charge in [0.05, 0.1) is 35.6 Å². The van der Waals surface area contributed by atoms with Gasteiger partial charge < -0.3 is 33.9 Å². The molecule has 0 aliphatic carbocycles. The van der Waals surface area contributed by atoms with Crippen molar-refractivity contribution in [2.24, 2.45) is 0 Å². The fourth-order valence-electron chi connectivity index (χ4n) is 8.15. The number of nitrogens with zero attached hydrogens (tertiary/aromatic N) is 4. The molecule has 50 heavy (non-hydrogen) atoms. The van der Waals surface area contributed by atoms with E-state index in [1.807, 2.05) is 26.0 Å². The minimum Gasteiger partial charge on any atom is -0.457 e. The van der Waals surface area contributed by atoms with Gasteiger partial charge >= 0.3 is 18.0 Å². The lowest BCUT2D eigenvalue weighted by molar-refractivity contribution is -0.189. The summed E-state index contributed by atoms with van der Waals surface area (Å²) in [6.07, 6.45) is 6.18. The number of likely N-dealkylation sites (tertiary alicyclic amines) is 2. The molecule has 0 radical (unpaired) electrons. The summed E-state index contributed by atoms with van der Waals surface area (Å²) in [5, 5.41) is 3.88. The molecule has 4 aliphatic rings. The highest BCUT2D eigenvalue weighted by Crippen LogP contribution is 2.42. The van der Waals surface area contributed by atoms with E-state index in [1.165, 1.54) is 19.3 Å². The number of hydrogen-bond donors (Lipinski definition) is 1. The quantitative estimate of drug-likeness (QED) is 0.262. The first kappa shape index (κ1) is 34.2. The molecule has 3 aromatic rings. The topological polar surface area (TPSA) is 132 Å². The van der Waals surface area contributed by atoms with Crippen LogP contribution in [0.25, 0.3) is 22.3 Å². The number of benzene rings is 1. The molecule has 12 heteroatoms. The molecule has 2 fully saturated rings. The summed E-state index contributed by atoms with van der Waals surface area (Å²) in [6, 6.07) is 7.83. The van der Waals surface area contributed by atoms with Crippen LogP contribution in [0.2, 0.25) is 0 Å². The Labute approximate surface area is 292 Å². The number of rotatable bonds is 8. The highest BCUT2D eigenvalue weighted by molar-refractivity contribution is 5.91. The zero-order valence-electron chi connectivity index (χ0n) is 29.5. The number of hydrogen-bond acceptors (Lipinski definition) is 10. The van der Waals surface area contributed by atoms with Crippen molar-refractivity contribution in [1.29, 1.82) is 0 Å². The maximum absolute atomic E-state index is 14.0. The normalized spacial score (nSPS) is 20.7. The van der Waals surface area contributed by atoms with Gasteiger partial charge in [0, 0.05) is 41.7 Å². The second-order valence-corrected chi connectivity index (χ2v) is 14.2. The number of piperidine rings is 2. The number of carbonyl (C=O) groups excluding carboxylic acids is 3. The molecule has 1 N–H and O–H groups in total. The minimum absolute atomic E-state index is 0.0407. The van der Waals surface area contributed by atoms with Crippen molar-refractivity contribution in [3.05, 3.63) is 56.9 Å². The van der Waals surface area contributed by atoms with Gasteiger partial charge in [0.2, 0.25) is 5.60 Å². The van der Waals surface area contributed by atoms with Gasteiger partial charge in [-0.3, -0.25) is 9.59 Å². The molecule has 4 aliphatic heterocycles. The van der Waals surface area contributed by atoms with E-state index in [1.54, 1.807) is 28.5 Å². The highest BCUT2D eigenvalue weighted by Gasteiger charge is 2.50. The van der Waals surface area contributed by atoms with Crippen LogP contribution in [0.1, 0.15) is 88.5 Å². The SMILES string of the molecule is CCc1c2c(nc3ccc(OC(=O)N4CCC(N5CCCCC5)CC4)cc13)-c1cc3c(c(=O)n1C2)COC(=O)[C@@]3(CC)OC(=O)CNC(C)C. The second kappa shape index (κ2) is 13.8. The molecule has 1 amide bonds. The average Bonchev–Trinajstić information content (AvgIpc) is 3.50. The number of esters is 2. The largest absolute Gasteiger partial charge is 0.457 e. The van der Waals surface area contributed by atoms with Crippen molar-refractivity contribution in [1.82, 2.24) is 24.7 Å². The average molecular weight is 686 g/mol. The number of fused-ring (bicyclic) bond motifs is 5. The zero-order chi connectivity index (χ0) is 35.2. The molecular weight excluding hydrogens is 638 g/mol. The van der Waals surface area contributed by atoms with Crippen LogP contribution >= 0.6 is 0 Å². The van der Waals surface area contributed by atoms with E-state index in [2.05, 4.69) is 17.1 Å². The summed E-state index contributed by atoms with van der Waals surface area (Å²) in [7, 11) is 0. The standard InChI is InChI=1S/C38H47N5O7/c1-5-26-27-18-25(49-37(47)42-16-12-24(13-17-42)41-14-8-7-9-15-41)10-11-31(27)40-34-28(26)21-43-32(34)19-30-29(35(43)45)22-48-36(46)38(30,6-2)50-33(44)20-39-23(3)4/h10-11,18-19,23-24,39H,5-9,12-17,20-22H2,1-4H3/t38-/m0/s1. The van der Waals surface area contributed by atoms with Crippen molar-refractivity contribution in [2.75, 3.05) is 32.7 Å². The van der Waals surface area contributed by atoms with E-state index >= 15 is 0 Å². The molecule has 0 spiro atoms. The van der Waals surface area contributed by atoms with Crippen molar-refractivity contribution in [3.8, 4) is 17.1 Å². The molecule has 6 heterocycles. The first-order chi connectivity index (χ1) is 24.1. The van der Waals surface area contributed by atoms with Crippen LogP contribution in [0.15, 0.2) is 29.1 Å². The van der Waals surface area contributed by atoms with E-state index < -0.39 is 17.5 Å². The van der Waals surface area contributed by atoms with Crippen molar-refractivity contribution in [2.45, 2.75) is 103 Å². The van der Waals surface area contributed by atoms with Crippen LogP contribution < -0.4 is 15.6 Å². The van der Waals surface area contributed by atoms with Gasteiger partial charge in [0.25, 0.3) is 5.56 Å². The lowest BCUT2D eigenvalue weighted by Crippen LogP contribution is -2.48. The first-order valence-electron chi connectivity index (χ1n) is 18.2. The molecule has 2 aromatic heterocycles. The Morgan fingerprint density at radius 1 is 1.04 bits per heavy atom. The third kappa shape index (κ3) is 6.06. The van der Waals surface area contributed by atoms with Crippen LogP contribution in [0.3, 0.4) is 0 Å². The lowest BCUT2D eigenvalue weighted by Gasteiger charge is -2.39. The molecule has 0 unspecified atom stereocenters. The minimum atomic E-state index is -1.74. The molecule has 266 valence electrons. The Hall–Kier alpha value is -4.29. The molecule has 1 atom stereocenters. The van der Waals surface area contributed by atoms with Crippen LogP contribution in [-0.2, 0) is 44.2 Å². The number of pyridine rings is 2. The highest BCUT2D eigenvalue weighted by atomic mass is 16.6. The lowest BCUT2D eigenvalue weighted by atomic mass is 9.85. The summed E-state index contributed by atoms with van der Waals surface area (Å²) < 4.78 is 18.9. The van der Waals surface area contributed by atoms with Gasteiger partial charge in [0.15, 0.2) is 0 Å². The predicted octanol–water partition coefficient (Wildman–Crippen LogP) is 4.64. The number of carbonyl (C=O) groups is 3. The Bertz CT molecular complexity index is 1890. The predicted molar refractivity (Wildman–Crippen MR) is 187 cm³/mol. The summed E-state index contributed by atoms with van der Waals surface area (Å²) in [5.74, 6) is -0.846. The number of amides is 1. The molecular formula is C38H47N5O7. The number of aryl methyl sites for hydroxylation is 1. The Kier molecular flexibility index (Phi) is 9.42. The molecule has 7 rings (SSSR count). The van der Waals surface area contributed by atoms with Crippen molar-refractivity contribution < 1.29 is 28.6 Å². The van der Waals surface area contributed by atoms with Gasteiger partial charge in [-0.25, -0.2) is 14.6 Å². The van der Waals surface area contributed by atoms with Gasteiger partial charge in [-0.15, -0.1) is 0 Å². The van der Waals surface area contributed by atoms with E-state index in [0.29, 0.717) is 65.9 Å². The van der Waals surface area contributed by atoms with Crippen LogP contribution in [-0.4, -0.2) is 82.2 Å². The van der Waals surface area contributed by atoms with Crippen molar-refractivity contribution in [3.63, 3.8) is 0 Å². The zero-order valence-corrected chi connectivity index (χ0v) is 29.5. The Morgan fingerprint density at radius 3 is 2.50 bits per heavy atom. The Balaban J connectivity index is 1.17. The third-order valence-corrected chi connectivity index (χ3v) is 10.9. The maximum Gasteiger partial charge on any atom is 0.415 e. The second-order valence-electron chi connectivity index (χ2n) is 14.2. The summed E-state index contributed by atoms with van der Waals surface area (Å²) in [4.78, 5) is 62.9. The van der Waals surface area contributed by atoms with Gasteiger partial charge in [0.1, 0.15) is 12.4 Å². The third-order valence-electron chi connectivity index (χ3n) is 10.9. The van der Waals surface area contributed by atoms with Crippen LogP contribution in [0.4, 0.5) is 4.79 Å². The summed E-state index contributed by atoms with van der Waals surface area (Å²) in [6.45, 7) is 11.3. The van der Waals surface area contributed by atoms with E-state index in [-0.39, 0.29) is 37.3 Å². The van der Waals surface area contributed by atoms with Crippen LogP contribution in [0.5, 0.6) is 5.75 Å². The summed E-state index contributed by atoms with van der Waals surface area (Å²) in [5.41, 5.74) is 2.41. The number of cyclic esters (lactones) is 1. The smallest absolute Gasteiger partial charge is 0.415 e. The van der Waals surface area contributed by atoms with Gasteiger partial charge in [-0.1, -0.05) is 34.1 Å². The van der Waals surface area contributed by atoms with Gasteiger partial charge in [-0.2, -0.15) is 0 Å². The molecule has 12 nitrogen and oxygen atoms in total. The molecule has 2 saturated heterocycles. The van der Waals surface area contributed by atoms with Crippen LogP contribution in [0, 0.1) is 0 Å². The van der Waals surface area contributed by atoms with Crippen molar-refractivity contribution >= 4 is 28.9 Å². The van der Waals surface area contributed by atoms with E-state index in [4.69, 9.17) is 19.2 Å². The van der Waals surface area contributed by atoms with Gasteiger partial charge in [-0.05, 0) is 81.4 Å². The summed E-state index contributed by atoms with van der Waals surface area (Å²) >= 11 is 0. The fourth-order valence-corrected chi connectivity index (χ4v) is 8.15. The monoisotopic (exact) mass is 685 g/mol. The molecule has 0 bridgehead atoms. The fraction of sp³-hybridized carbons (Fsp3) is 0.553. The number of ether oxygens (including phenoxy) is 3. The molecule has 1 aromatic carbocycles. The van der Waals surface area contributed by atoms with E-state index in [9.17, 15) is 19.2 Å². The maximum atomic E-state index is 14.0. The molecule has 0 saturated carbocycles. The number of aromatic nitrogens is 2. The van der Waals surface area contributed by atoms with E-state index in [0.717, 1.165) is 42.4 Å². The number of nitrogens with one attached hydrogen (secondary N) is 1. The Morgan fingerprint density at radius 2 is 1.80 bits per heavy atom.